The molecule has 34 heavy (non-hydrogen) atoms. The lowest BCUT2D eigenvalue weighted by molar-refractivity contribution is 0.0926. The molecule has 6 heteroatoms. The Morgan fingerprint density at radius 3 is 2.12 bits per heavy atom. The maximum atomic E-state index is 14.1. The quantitative estimate of drug-likeness (QED) is 0.315. The van der Waals surface area contributed by atoms with Crippen LogP contribution in [0.2, 0.25) is 0 Å². The molecule has 174 valence electrons. The third-order valence-electron chi connectivity index (χ3n) is 5.75. The summed E-state index contributed by atoms with van der Waals surface area (Å²) in [4.78, 5) is 18.5. The highest BCUT2D eigenvalue weighted by Gasteiger charge is 2.26. The first kappa shape index (κ1) is 23.4. The van der Waals surface area contributed by atoms with Crippen LogP contribution in [0.1, 0.15) is 48.8 Å². The van der Waals surface area contributed by atoms with Gasteiger partial charge in [0.2, 0.25) is 0 Å². The largest absolute Gasteiger partial charge is 0.344 e. The van der Waals surface area contributed by atoms with Crippen molar-refractivity contribution in [3.63, 3.8) is 0 Å². The Bertz CT molecular complexity index is 1250. The number of carbonyl (C=O) groups is 1. The van der Waals surface area contributed by atoms with Gasteiger partial charge in [0.25, 0.3) is 5.91 Å². The minimum Gasteiger partial charge on any atom is -0.344 e. The molecule has 4 rings (SSSR count). The molecule has 0 radical (unpaired) electrons. The molecule has 0 fully saturated rings. The number of rotatable bonds is 8. The number of carbonyl (C=O) groups excluding carboxylic acids is 1. The van der Waals surface area contributed by atoms with Crippen molar-refractivity contribution >= 4 is 5.91 Å². The van der Waals surface area contributed by atoms with Crippen LogP contribution in [0.5, 0.6) is 0 Å². The first-order valence-corrected chi connectivity index (χ1v) is 11.5. The van der Waals surface area contributed by atoms with E-state index in [1.807, 2.05) is 67.6 Å². The summed E-state index contributed by atoms with van der Waals surface area (Å²) < 4.78 is 30.0. The van der Waals surface area contributed by atoms with Crippen LogP contribution in [0.3, 0.4) is 0 Å². The van der Waals surface area contributed by atoms with Crippen molar-refractivity contribution in [3.8, 4) is 22.6 Å². The normalized spacial score (nSPS) is 11.9. The maximum Gasteiger partial charge on any atom is 0.270 e. The smallest absolute Gasteiger partial charge is 0.270 e. The molecule has 1 aromatic heterocycles. The summed E-state index contributed by atoms with van der Waals surface area (Å²) in [5.74, 6) is -1.21. The Balaban J connectivity index is 1.85. The second-order valence-corrected chi connectivity index (χ2v) is 8.13. The predicted molar refractivity (Wildman–Crippen MR) is 130 cm³/mol. The fraction of sp³-hybridized carbons (Fsp3) is 0.214. The summed E-state index contributed by atoms with van der Waals surface area (Å²) in [6, 6.07) is 22.3. The van der Waals surface area contributed by atoms with E-state index in [4.69, 9.17) is 4.98 Å². The van der Waals surface area contributed by atoms with Crippen LogP contribution < -0.4 is 5.32 Å². The second kappa shape index (κ2) is 10.4. The van der Waals surface area contributed by atoms with Crippen molar-refractivity contribution in [2.45, 2.75) is 39.3 Å². The van der Waals surface area contributed by atoms with Gasteiger partial charge in [0.15, 0.2) is 0 Å². The zero-order valence-corrected chi connectivity index (χ0v) is 19.3. The van der Waals surface area contributed by atoms with Gasteiger partial charge in [-0.15, -0.1) is 0 Å². The van der Waals surface area contributed by atoms with E-state index in [9.17, 15) is 13.6 Å². The molecule has 1 heterocycles. The Morgan fingerprint density at radius 2 is 1.53 bits per heavy atom. The zero-order chi connectivity index (χ0) is 24.1. The van der Waals surface area contributed by atoms with Gasteiger partial charge < -0.3 is 9.88 Å². The number of amides is 1. The number of nitrogens with one attached hydrogen (secondary N) is 1. The van der Waals surface area contributed by atoms with Crippen LogP contribution in [0.15, 0.2) is 78.9 Å². The van der Waals surface area contributed by atoms with E-state index in [2.05, 4.69) is 12.2 Å². The molecule has 1 N–H and O–H groups in total. The van der Waals surface area contributed by atoms with Gasteiger partial charge in [-0.2, -0.15) is 0 Å². The molecule has 0 aliphatic carbocycles. The van der Waals surface area contributed by atoms with E-state index in [1.165, 1.54) is 12.1 Å². The van der Waals surface area contributed by atoms with Crippen molar-refractivity contribution in [2.75, 3.05) is 0 Å². The van der Waals surface area contributed by atoms with E-state index < -0.39 is 11.6 Å². The summed E-state index contributed by atoms with van der Waals surface area (Å²) in [6.07, 6.45) is 1.63. The average molecular weight is 460 g/mol. The number of benzene rings is 3. The number of hydrogen-bond acceptors (Lipinski definition) is 2. The molecule has 0 bridgehead atoms. The van der Waals surface area contributed by atoms with Crippen molar-refractivity contribution in [1.82, 2.24) is 14.9 Å². The molecule has 0 saturated heterocycles. The molecule has 0 aliphatic rings. The molecule has 1 atom stereocenters. The third-order valence-corrected chi connectivity index (χ3v) is 5.75. The molecule has 0 spiro atoms. The molecule has 0 aliphatic heterocycles. The van der Waals surface area contributed by atoms with Gasteiger partial charge in [-0.05, 0) is 31.0 Å². The monoisotopic (exact) mass is 459 g/mol. The Morgan fingerprint density at radius 1 is 0.912 bits per heavy atom. The summed E-state index contributed by atoms with van der Waals surface area (Å²) in [7, 11) is 0. The Kier molecular flexibility index (Phi) is 7.16. The first-order chi connectivity index (χ1) is 16.5. The highest BCUT2D eigenvalue weighted by Crippen LogP contribution is 2.31. The lowest BCUT2D eigenvalue weighted by Gasteiger charge is -2.20. The molecule has 1 amide bonds. The van der Waals surface area contributed by atoms with Crippen LogP contribution in [0.25, 0.3) is 22.6 Å². The van der Waals surface area contributed by atoms with Crippen LogP contribution in [0, 0.1) is 11.6 Å². The molecule has 4 aromatic rings. The average Bonchev–Trinajstić information content (AvgIpc) is 3.24. The van der Waals surface area contributed by atoms with Gasteiger partial charge in [-0.25, -0.2) is 13.8 Å². The second-order valence-electron chi connectivity index (χ2n) is 8.13. The minimum absolute atomic E-state index is 0.198. The molecular formula is C28H27F2N3O. The molecule has 4 nitrogen and oxygen atoms in total. The number of hydrogen-bond donors (Lipinski definition) is 1. The molecular weight excluding hydrogens is 432 g/mol. The lowest BCUT2D eigenvalue weighted by atomic mass is 10.0. The number of imidazole rings is 1. The maximum absolute atomic E-state index is 14.1. The van der Waals surface area contributed by atoms with E-state index in [-0.39, 0.29) is 28.9 Å². The topological polar surface area (TPSA) is 46.9 Å². The van der Waals surface area contributed by atoms with E-state index in [0.717, 1.165) is 30.0 Å². The highest BCUT2D eigenvalue weighted by atomic mass is 19.1. The summed E-state index contributed by atoms with van der Waals surface area (Å²) in [5.41, 5.74) is 2.57. The number of nitrogens with zero attached hydrogens (tertiary/aromatic N) is 2. The van der Waals surface area contributed by atoms with Gasteiger partial charge in [0.1, 0.15) is 28.8 Å². The van der Waals surface area contributed by atoms with Crippen molar-refractivity contribution in [3.05, 3.63) is 102 Å². The van der Waals surface area contributed by atoms with Gasteiger partial charge in [0.05, 0.1) is 6.04 Å². The van der Waals surface area contributed by atoms with Crippen molar-refractivity contribution < 1.29 is 13.6 Å². The molecule has 0 saturated carbocycles. The van der Waals surface area contributed by atoms with Crippen LogP contribution >= 0.6 is 0 Å². The predicted octanol–water partition coefficient (Wildman–Crippen LogP) is 6.79. The third kappa shape index (κ3) is 4.91. The first-order valence-electron chi connectivity index (χ1n) is 11.5. The summed E-state index contributed by atoms with van der Waals surface area (Å²) in [5, 5.41) is 3.14. The summed E-state index contributed by atoms with van der Waals surface area (Å²) in [6.45, 7) is 4.44. The van der Waals surface area contributed by atoms with Crippen LogP contribution in [-0.4, -0.2) is 15.5 Å². The Hall–Kier alpha value is -3.80. The van der Waals surface area contributed by atoms with Crippen LogP contribution in [0.4, 0.5) is 8.78 Å². The number of aromatic nitrogens is 2. The lowest BCUT2D eigenvalue weighted by Crippen LogP contribution is -2.30. The number of halogens is 2. The zero-order valence-electron chi connectivity index (χ0n) is 19.3. The minimum atomic E-state index is -0.721. The molecule has 1 unspecified atom stereocenters. The van der Waals surface area contributed by atoms with Crippen molar-refractivity contribution in [1.29, 1.82) is 0 Å². The SMILES string of the molecule is CCCC(NC(=O)c1c(-c2cc(F)cc(F)c2)nc(-c2ccccc2)n1CC)c1ccccc1. The van der Waals surface area contributed by atoms with Gasteiger partial charge in [-0.3, -0.25) is 4.79 Å². The standard InChI is InChI=1S/C28H27F2N3O/c1-3-11-24(19-12-7-5-8-13-19)31-28(34)26-25(21-16-22(29)18-23(30)17-21)32-27(33(26)4-2)20-14-9-6-10-15-20/h5-10,12-18,24H,3-4,11H2,1-2H3,(H,31,34). The van der Waals surface area contributed by atoms with E-state index in [0.29, 0.717) is 12.4 Å². The van der Waals surface area contributed by atoms with Gasteiger partial charge in [-0.1, -0.05) is 74.0 Å². The van der Waals surface area contributed by atoms with Crippen molar-refractivity contribution in [2.24, 2.45) is 0 Å². The summed E-state index contributed by atoms with van der Waals surface area (Å²) >= 11 is 0. The highest BCUT2D eigenvalue weighted by molar-refractivity contribution is 5.99. The van der Waals surface area contributed by atoms with E-state index >= 15 is 0 Å². The van der Waals surface area contributed by atoms with Gasteiger partial charge >= 0.3 is 0 Å². The fourth-order valence-electron chi connectivity index (χ4n) is 4.21. The molecule has 3 aromatic carbocycles. The van der Waals surface area contributed by atoms with Crippen LogP contribution in [-0.2, 0) is 6.54 Å². The van der Waals surface area contributed by atoms with E-state index in [1.54, 1.807) is 4.57 Å². The van der Waals surface area contributed by atoms with Gasteiger partial charge in [0, 0.05) is 23.7 Å². The Labute approximate surface area is 198 Å². The fourth-order valence-corrected chi connectivity index (χ4v) is 4.21.